The second-order valence-corrected chi connectivity index (χ2v) is 11.1. The number of aryl methyl sites for hydroxylation is 1. The lowest BCUT2D eigenvalue weighted by Crippen LogP contribution is -2.66. The number of carboxylic acid groups (broad SMARTS) is 1. The number of carbonyl (C=O) groups excluding carboxylic acids is 2. The summed E-state index contributed by atoms with van der Waals surface area (Å²) in [6.07, 6.45) is 1.24. The van der Waals surface area contributed by atoms with Gasteiger partial charge in [-0.05, 0) is 47.9 Å². The number of fused-ring (bicyclic) bond motifs is 2. The standard InChI is InChI=1S/C29H31N3O4S/c1-19-15-20(18-37-19)16-30(2)29(36)32-23-13-14-24(32)26(28(34)35)31(17-23)27(33)25(21-9-5-3-6-10-21)22-11-7-4-8-12-22/h3-12,15,18,23-26H,13-14,16-17H2,1-2H3,(H,34,35)/t23-,24?,26-/m0/s1. The molecule has 2 aliphatic heterocycles. The van der Waals surface area contributed by atoms with Gasteiger partial charge in [0.1, 0.15) is 6.04 Å². The normalized spacial score (nSPS) is 20.8. The summed E-state index contributed by atoms with van der Waals surface area (Å²) in [7, 11) is 1.75. The highest BCUT2D eigenvalue weighted by Crippen LogP contribution is 2.38. The number of hydrogen-bond donors (Lipinski definition) is 1. The molecule has 3 heterocycles. The summed E-state index contributed by atoms with van der Waals surface area (Å²) in [5, 5.41) is 12.4. The largest absolute Gasteiger partial charge is 0.480 e. The fourth-order valence-electron chi connectivity index (χ4n) is 5.83. The van der Waals surface area contributed by atoms with Crippen LogP contribution in [0.4, 0.5) is 4.79 Å². The van der Waals surface area contributed by atoms with Gasteiger partial charge in [0.2, 0.25) is 5.91 Å². The average molecular weight is 518 g/mol. The first-order chi connectivity index (χ1) is 17.8. The Morgan fingerprint density at radius 1 is 1.03 bits per heavy atom. The number of piperazine rings is 1. The van der Waals surface area contributed by atoms with Crippen molar-refractivity contribution in [2.75, 3.05) is 13.6 Å². The minimum Gasteiger partial charge on any atom is -0.480 e. The molecule has 5 rings (SSSR count). The molecule has 0 aliphatic carbocycles. The third-order valence-electron chi connectivity index (χ3n) is 7.45. The third-order valence-corrected chi connectivity index (χ3v) is 8.37. The summed E-state index contributed by atoms with van der Waals surface area (Å²) >= 11 is 1.64. The van der Waals surface area contributed by atoms with E-state index in [0.29, 0.717) is 19.4 Å². The maximum absolute atomic E-state index is 14.1. The average Bonchev–Trinajstić information content (AvgIpc) is 3.44. The van der Waals surface area contributed by atoms with Gasteiger partial charge in [-0.25, -0.2) is 9.59 Å². The van der Waals surface area contributed by atoms with E-state index in [9.17, 15) is 19.5 Å². The lowest BCUT2D eigenvalue weighted by atomic mass is 9.88. The molecule has 0 spiro atoms. The van der Waals surface area contributed by atoms with Gasteiger partial charge in [-0.15, -0.1) is 11.3 Å². The molecular weight excluding hydrogens is 486 g/mol. The van der Waals surface area contributed by atoms with E-state index in [1.54, 1.807) is 28.2 Å². The Morgan fingerprint density at radius 2 is 1.65 bits per heavy atom. The molecule has 1 N–H and O–H groups in total. The van der Waals surface area contributed by atoms with Gasteiger partial charge >= 0.3 is 12.0 Å². The van der Waals surface area contributed by atoms with Crippen LogP contribution in [0.1, 0.15) is 40.3 Å². The van der Waals surface area contributed by atoms with Crippen molar-refractivity contribution in [3.05, 3.63) is 93.7 Å². The number of aliphatic carboxylic acids is 1. The molecule has 3 amide bonds. The van der Waals surface area contributed by atoms with Crippen LogP contribution in [0.25, 0.3) is 0 Å². The van der Waals surface area contributed by atoms with Crippen molar-refractivity contribution in [1.29, 1.82) is 0 Å². The Morgan fingerprint density at radius 3 is 2.19 bits per heavy atom. The number of carboxylic acids is 1. The molecule has 2 aromatic carbocycles. The van der Waals surface area contributed by atoms with Crippen LogP contribution in [0.15, 0.2) is 72.1 Å². The number of likely N-dealkylation sites (tertiary alicyclic amines) is 1. The summed E-state index contributed by atoms with van der Waals surface area (Å²) in [6, 6.07) is 19.0. The Kier molecular flexibility index (Phi) is 7.02. The molecule has 0 radical (unpaired) electrons. The van der Waals surface area contributed by atoms with Crippen LogP contribution >= 0.6 is 11.3 Å². The first kappa shape index (κ1) is 25.0. The van der Waals surface area contributed by atoms with Crippen LogP contribution in [-0.4, -0.2) is 69.4 Å². The lowest BCUT2D eigenvalue weighted by molar-refractivity contribution is -0.156. The van der Waals surface area contributed by atoms with Crippen molar-refractivity contribution in [2.24, 2.45) is 0 Å². The van der Waals surface area contributed by atoms with Crippen molar-refractivity contribution >= 4 is 29.2 Å². The Labute approximate surface area is 220 Å². The van der Waals surface area contributed by atoms with Crippen molar-refractivity contribution in [3.8, 4) is 0 Å². The number of hydrogen-bond acceptors (Lipinski definition) is 4. The highest BCUT2D eigenvalue weighted by Gasteiger charge is 2.54. The molecule has 3 aromatic rings. The number of carbonyl (C=O) groups is 3. The maximum Gasteiger partial charge on any atom is 0.328 e. The van der Waals surface area contributed by atoms with E-state index in [4.69, 9.17) is 0 Å². The second kappa shape index (κ2) is 10.4. The highest BCUT2D eigenvalue weighted by atomic mass is 32.1. The van der Waals surface area contributed by atoms with E-state index in [1.807, 2.05) is 73.0 Å². The predicted octanol–water partition coefficient (Wildman–Crippen LogP) is 4.57. The zero-order valence-electron chi connectivity index (χ0n) is 21.0. The molecule has 2 aliphatic rings. The van der Waals surface area contributed by atoms with Crippen molar-refractivity contribution in [1.82, 2.24) is 14.7 Å². The minimum atomic E-state index is -1.10. The molecule has 7 nitrogen and oxygen atoms in total. The SMILES string of the molecule is Cc1cc(CN(C)C(=O)N2C3CC[C@H]2CN(C(=O)C(c2ccccc2)c2ccccc2)[C@@H]3C(=O)O)cs1. The monoisotopic (exact) mass is 517 g/mol. The number of nitrogens with zero attached hydrogens (tertiary/aromatic N) is 3. The molecule has 2 fully saturated rings. The minimum absolute atomic E-state index is 0.183. The van der Waals surface area contributed by atoms with E-state index in [2.05, 4.69) is 6.07 Å². The van der Waals surface area contributed by atoms with Crippen LogP contribution in [-0.2, 0) is 16.1 Å². The highest BCUT2D eigenvalue weighted by molar-refractivity contribution is 7.10. The van der Waals surface area contributed by atoms with Crippen molar-refractivity contribution < 1.29 is 19.5 Å². The predicted molar refractivity (Wildman–Crippen MR) is 142 cm³/mol. The van der Waals surface area contributed by atoms with E-state index >= 15 is 0 Å². The van der Waals surface area contributed by atoms with E-state index in [-0.39, 0.29) is 24.5 Å². The molecular formula is C29H31N3O4S. The van der Waals surface area contributed by atoms with Gasteiger partial charge in [-0.1, -0.05) is 60.7 Å². The molecule has 3 atom stereocenters. The molecule has 2 bridgehead atoms. The molecule has 192 valence electrons. The lowest BCUT2D eigenvalue weighted by Gasteiger charge is -2.46. The summed E-state index contributed by atoms with van der Waals surface area (Å²) in [5.41, 5.74) is 2.70. The van der Waals surface area contributed by atoms with E-state index in [0.717, 1.165) is 16.7 Å². The topological polar surface area (TPSA) is 81.2 Å². The number of rotatable bonds is 6. The van der Waals surface area contributed by atoms with E-state index in [1.165, 1.54) is 9.78 Å². The molecule has 1 unspecified atom stereocenters. The molecule has 37 heavy (non-hydrogen) atoms. The van der Waals surface area contributed by atoms with Gasteiger partial charge in [0.25, 0.3) is 0 Å². The summed E-state index contributed by atoms with van der Waals surface area (Å²) in [5.74, 6) is -1.93. The number of thiophene rings is 1. The van der Waals surface area contributed by atoms with Crippen molar-refractivity contribution in [3.63, 3.8) is 0 Å². The fourth-order valence-corrected chi connectivity index (χ4v) is 6.53. The quantitative estimate of drug-likeness (QED) is 0.520. The second-order valence-electron chi connectivity index (χ2n) is 9.94. The van der Waals surface area contributed by atoms with Crippen LogP contribution in [0.5, 0.6) is 0 Å². The van der Waals surface area contributed by atoms with Gasteiger partial charge in [0, 0.05) is 25.0 Å². The summed E-state index contributed by atoms with van der Waals surface area (Å²) in [4.78, 5) is 46.4. The Balaban J connectivity index is 1.43. The van der Waals surface area contributed by atoms with Gasteiger partial charge in [0.05, 0.1) is 18.0 Å². The number of amides is 3. The molecule has 8 heteroatoms. The molecule has 0 saturated carbocycles. The van der Waals surface area contributed by atoms with Crippen molar-refractivity contribution in [2.45, 2.75) is 50.4 Å². The van der Waals surface area contributed by atoms with Gasteiger partial charge < -0.3 is 19.8 Å². The van der Waals surface area contributed by atoms with Gasteiger partial charge in [0.15, 0.2) is 0 Å². The Hall–Kier alpha value is -3.65. The van der Waals surface area contributed by atoms with Crippen LogP contribution < -0.4 is 0 Å². The number of benzene rings is 2. The first-order valence-corrected chi connectivity index (χ1v) is 13.4. The van der Waals surface area contributed by atoms with Gasteiger partial charge in [-0.3, -0.25) is 4.79 Å². The van der Waals surface area contributed by atoms with Crippen LogP contribution in [0.3, 0.4) is 0 Å². The molecule has 2 saturated heterocycles. The zero-order chi connectivity index (χ0) is 26.1. The first-order valence-electron chi connectivity index (χ1n) is 12.6. The fraction of sp³-hybridized carbons (Fsp3) is 0.345. The number of urea groups is 1. The van der Waals surface area contributed by atoms with Gasteiger partial charge in [-0.2, -0.15) is 0 Å². The maximum atomic E-state index is 14.1. The smallest absolute Gasteiger partial charge is 0.328 e. The van der Waals surface area contributed by atoms with Crippen LogP contribution in [0, 0.1) is 6.92 Å². The summed E-state index contributed by atoms with van der Waals surface area (Å²) < 4.78 is 0. The molecule has 1 aromatic heterocycles. The zero-order valence-corrected chi connectivity index (χ0v) is 21.8. The van der Waals surface area contributed by atoms with E-state index < -0.39 is 24.0 Å². The van der Waals surface area contributed by atoms with Crippen LogP contribution in [0.2, 0.25) is 0 Å². The Bertz CT molecular complexity index is 1240. The summed E-state index contributed by atoms with van der Waals surface area (Å²) in [6.45, 7) is 2.70. The third kappa shape index (κ3) is 4.85.